The van der Waals surface area contributed by atoms with Gasteiger partial charge in [0.05, 0.1) is 12.8 Å². The molecular formula is C7H4Cl2F3P. The summed E-state index contributed by atoms with van der Waals surface area (Å²) in [6.07, 6.45) is -4.17. The van der Waals surface area contributed by atoms with E-state index in [0.717, 1.165) is 11.6 Å². The zero-order valence-corrected chi connectivity index (χ0v) is 8.63. The van der Waals surface area contributed by atoms with Crippen LogP contribution in [0.5, 0.6) is 0 Å². The molecule has 0 radical (unpaired) electrons. The third kappa shape index (κ3) is 2.73. The van der Waals surface area contributed by atoms with Crippen LogP contribution in [0.25, 0.3) is 11.1 Å². The van der Waals surface area contributed by atoms with Gasteiger partial charge in [-0.2, -0.15) is 13.2 Å². The predicted octanol–water partition coefficient (Wildman–Crippen LogP) is 4.66. The number of alkyl halides is 3. The number of fused-ring (bicyclic) bond motifs is 1. The van der Waals surface area contributed by atoms with E-state index in [4.69, 9.17) is 22.5 Å². The first-order valence-corrected chi connectivity index (χ1v) is 6.21. The molecule has 0 heterocycles. The molecule has 0 aliphatic heterocycles. The Balaban J connectivity index is 0.000000251. The summed E-state index contributed by atoms with van der Waals surface area (Å²) >= 11 is 9.58. The lowest BCUT2D eigenvalue weighted by Gasteiger charge is -2.01. The van der Waals surface area contributed by atoms with Crippen LogP contribution in [0.2, 0.25) is 0 Å². The summed E-state index contributed by atoms with van der Waals surface area (Å²) in [5.74, 6) is 0. The van der Waals surface area contributed by atoms with Crippen molar-refractivity contribution in [2.45, 2.75) is 6.18 Å². The molecule has 0 atom stereocenters. The molecular weight excluding hydrogens is 243 g/mol. The normalized spacial score (nSPS) is 11.8. The average molecular weight is 247 g/mol. The zero-order valence-electron chi connectivity index (χ0n) is 6.12. The van der Waals surface area contributed by atoms with Crippen LogP contribution in [-0.4, -0.2) is 0 Å². The number of hydrogen-bond donors (Lipinski definition) is 0. The van der Waals surface area contributed by atoms with E-state index in [-0.39, 0.29) is 7.29 Å². The fraction of sp³-hybridized carbons (Fsp3) is 0.143. The van der Waals surface area contributed by atoms with Crippen LogP contribution in [0.1, 0.15) is 5.56 Å². The zero-order chi connectivity index (χ0) is 10.1. The maximum atomic E-state index is 11.9. The highest BCUT2D eigenvalue weighted by Gasteiger charge is 2.37. The van der Waals surface area contributed by atoms with Gasteiger partial charge in [0.25, 0.3) is 0 Å². The molecule has 72 valence electrons. The van der Waals surface area contributed by atoms with Gasteiger partial charge in [-0.3, -0.25) is 0 Å². The van der Waals surface area contributed by atoms with Gasteiger partial charge in [-0.05, 0) is 23.3 Å². The van der Waals surface area contributed by atoms with Gasteiger partial charge in [0.1, 0.15) is 0 Å². The van der Waals surface area contributed by atoms with Gasteiger partial charge in [0, 0.05) is 0 Å². The molecule has 13 heavy (non-hydrogen) atoms. The van der Waals surface area contributed by atoms with Gasteiger partial charge < -0.3 is 0 Å². The van der Waals surface area contributed by atoms with E-state index >= 15 is 0 Å². The summed E-state index contributed by atoms with van der Waals surface area (Å²) < 4.78 is 35.7. The molecule has 0 unspecified atom stereocenters. The van der Waals surface area contributed by atoms with Crippen LogP contribution >= 0.6 is 29.8 Å². The van der Waals surface area contributed by atoms with Gasteiger partial charge in [-0.15, -0.1) is 0 Å². The Morgan fingerprint density at radius 2 is 1.69 bits per heavy atom. The molecule has 0 aromatic carbocycles. The largest absolute Gasteiger partial charge is 0.417 e. The van der Waals surface area contributed by atoms with E-state index in [1.807, 2.05) is 0 Å². The minimum Gasteiger partial charge on any atom is -0.166 e. The number of halogens is 5. The van der Waals surface area contributed by atoms with Crippen molar-refractivity contribution in [3.63, 3.8) is 0 Å². The van der Waals surface area contributed by atoms with Crippen LogP contribution < -0.4 is 0 Å². The number of rotatable bonds is 0. The van der Waals surface area contributed by atoms with Crippen molar-refractivity contribution in [1.82, 2.24) is 0 Å². The van der Waals surface area contributed by atoms with E-state index in [1.54, 1.807) is 0 Å². The predicted molar refractivity (Wildman–Crippen MR) is 50.5 cm³/mol. The summed E-state index contributed by atoms with van der Waals surface area (Å²) in [4.78, 5) is 0. The summed E-state index contributed by atoms with van der Waals surface area (Å²) in [5.41, 5.74) is 0.599. The van der Waals surface area contributed by atoms with E-state index in [2.05, 4.69) is 0 Å². The van der Waals surface area contributed by atoms with Crippen LogP contribution in [0.4, 0.5) is 13.2 Å². The monoisotopic (exact) mass is 246 g/mol. The van der Waals surface area contributed by atoms with Crippen molar-refractivity contribution < 1.29 is 13.2 Å². The van der Waals surface area contributed by atoms with Crippen molar-refractivity contribution in [3.05, 3.63) is 23.8 Å². The van der Waals surface area contributed by atoms with Crippen molar-refractivity contribution >= 4 is 29.8 Å². The summed E-state index contributed by atoms with van der Waals surface area (Å²) in [6, 6.07) is 4.13. The molecule has 0 aromatic heterocycles. The molecule has 0 N–H and O–H groups in total. The van der Waals surface area contributed by atoms with E-state index in [9.17, 15) is 13.2 Å². The van der Waals surface area contributed by atoms with Gasteiger partial charge in [-0.25, -0.2) is 0 Å². The standard InChI is InChI=1S/C7H3F3.Cl2HP/c8-7(9,10)6-2-1-4-3-5(4)6;1-3-2/h1-3H;3H. The second-order valence-corrected chi connectivity index (χ2v) is 4.19. The molecule has 0 aromatic rings. The highest BCUT2D eigenvalue weighted by atomic mass is 35.9. The second kappa shape index (κ2) is 4.04. The molecule has 0 bridgehead atoms. The Kier molecular flexibility index (Phi) is 3.44. The van der Waals surface area contributed by atoms with E-state index in [0.29, 0.717) is 5.56 Å². The smallest absolute Gasteiger partial charge is 0.166 e. The number of hydrogen-bond acceptors (Lipinski definition) is 0. The van der Waals surface area contributed by atoms with Gasteiger partial charge in [0.2, 0.25) is 0 Å². The minimum absolute atomic E-state index is 0.0278. The van der Waals surface area contributed by atoms with Crippen LogP contribution in [0, 0.1) is 0 Å². The Morgan fingerprint density at radius 3 is 1.85 bits per heavy atom. The maximum absolute atomic E-state index is 11.9. The van der Waals surface area contributed by atoms with Crippen LogP contribution in [-0.2, 0) is 6.18 Å². The summed E-state index contributed by atoms with van der Waals surface area (Å²) in [7, 11) is 0.0278. The first-order valence-electron chi connectivity index (χ1n) is 3.18. The van der Waals surface area contributed by atoms with Crippen molar-refractivity contribution in [3.8, 4) is 11.1 Å². The fourth-order valence-corrected chi connectivity index (χ4v) is 1.00. The molecule has 0 amide bonds. The molecule has 6 heteroatoms. The van der Waals surface area contributed by atoms with E-state index in [1.165, 1.54) is 12.1 Å². The van der Waals surface area contributed by atoms with Gasteiger partial charge in [0.15, 0.2) is 0 Å². The third-order valence-electron chi connectivity index (χ3n) is 1.55. The minimum atomic E-state index is -4.17. The maximum Gasteiger partial charge on any atom is 0.417 e. The lowest BCUT2D eigenvalue weighted by molar-refractivity contribution is -0.136. The highest BCUT2D eigenvalue weighted by Crippen LogP contribution is 2.45. The van der Waals surface area contributed by atoms with Crippen LogP contribution in [0.3, 0.4) is 0 Å². The Labute approximate surface area is 84.4 Å². The fourth-order valence-electron chi connectivity index (χ4n) is 1.00. The summed E-state index contributed by atoms with van der Waals surface area (Å²) in [6.45, 7) is 0. The van der Waals surface area contributed by atoms with Crippen molar-refractivity contribution in [2.75, 3.05) is 0 Å². The molecule has 2 aliphatic rings. The molecule has 2 aliphatic carbocycles. The van der Waals surface area contributed by atoms with E-state index < -0.39 is 11.7 Å². The Bertz CT molecular complexity index is 311. The highest BCUT2D eigenvalue weighted by molar-refractivity contribution is 7.90. The molecule has 0 nitrogen and oxygen atoms in total. The molecule has 0 spiro atoms. The van der Waals surface area contributed by atoms with Gasteiger partial charge in [-0.1, -0.05) is 28.5 Å². The lowest BCUT2D eigenvalue weighted by Crippen LogP contribution is -2.02. The van der Waals surface area contributed by atoms with Crippen molar-refractivity contribution in [1.29, 1.82) is 0 Å². The molecule has 0 saturated heterocycles. The first kappa shape index (κ1) is 11.1. The second-order valence-electron chi connectivity index (χ2n) is 2.33. The summed E-state index contributed by atoms with van der Waals surface area (Å²) in [5, 5.41) is 0. The number of benzene rings is 1. The lowest BCUT2D eigenvalue weighted by atomic mass is 10.3. The Hall–Kier alpha value is 0.0200. The van der Waals surface area contributed by atoms with Crippen molar-refractivity contribution in [2.24, 2.45) is 0 Å². The van der Waals surface area contributed by atoms with Crippen LogP contribution in [0.15, 0.2) is 18.2 Å². The first-order chi connectivity index (χ1) is 6.00. The quantitative estimate of drug-likeness (QED) is 0.594. The van der Waals surface area contributed by atoms with Gasteiger partial charge >= 0.3 is 6.18 Å². The SMILES string of the molecule is ClPCl.FC(F)(F)c1ccc2cc1-2. The molecule has 0 saturated carbocycles. The third-order valence-corrected chi connectivity index (χ3v) is 1.55. The topological polar surface area (TPSA) is 0 Å². The average Bonchev–Trinajstić information content (AvgIpc) is 2.61. The Morgan fingerprint density at radius 1 is 1.15 bits per heavy atom. The molecule has 0 fully saturated rings. The molecule has 2 rings (SSSR count).